The first kappa shape index (κ1) is 23.5. The van der Waals surface area contributed by atoms with Crippen LogP contribution < -0.4 is 5.32 Å². The number of allylic oxidation sites excluding steroid dienone is 4. The quantitative estimate of drug-likeness (QED) is 0.324. The lowest BCUT2D eigenvalue weighted by Crippen LogP contribution is -2.12. The second-order valence-electron chi connectivity index (χ2n) is 6.75. The maximum absolute atomic E-state index is 13.7. The van der Waals surface area contributed by atoms with Crippen LogP contribution in [-0.4, -0.2) is 21.0 Å². The zero-order valence-electron chi connectivity index (χ0n) is 17.2. The number of hydrogen-bond donors (Lipinski definition) is 2. The van der Waals surface area contributed by atoms with E-state index in [1.165, 1.54) is 42.7 Å². The molecule has 33 heavy (non-hydrogen) atoms. The Hall–Kier alpha value is -4.21. The fourth-order valence-electron chi connectivity index (χ4n) is 2.83. The number of alkyl halides is 3. The zero-order chi connectivity index (χ0) is 24.2. The van der Waals surface area contributed by atoms with E-state index in [0.29, 0.717) is 11.1 Å². The fraction of sp³-hybridized carbons (Fsp3) is 0.0870. The second-order valence-corrected chi connectivity index (χ2v) is 6.75. The van der Waals surface area contributed by atoms with Crippen LogP contribution >= 0.6 is 0 Å². The summed E-state index contributed by atoms with van der Waals surface area (Å²) in [5, 5.41) is 11.8. The number of carbonyl (C=O) groups is 1. The standard InChI is InChI=1S/C23H17F4N3O3/c1-3-5-15(10-13(2)14-7-8-17(24)16(11-14)21(31)32)28-22-29-18(19-6-4-9-33-19)12-20(30-22)23(25,26)27/h3-12H,1H2,2H3,(H,31,32)(H,28,29,30)/b13-10+,15-5+. The maximum Gasteiger partial charge on any atom is 0.433 e. The summed E-state index contributed by atoms with van der Waals surface area (Å²) < 4.78 is 59.0. The summed E-state index contributed by atoms with van der Waals surface area (Å²) in [6, 6.07) is 7.31. The first-order valence-corrected chi connectivity index (χ1v) is 9.40. The molecule has 0 fully saturated rings. The minimum Gasteiger partial charge on any atom is -0.478 e. The van der Waals surface area contributed by atoms with Gasteiger partial charge in [0.15, 0.2) is 11.5 Å². The van der Waals surface area contributed by atoms with Gasteiger partial charge in [-0.25, -0.2) is 19.2 Å². The molecule has 170 valence electrons. The van der Waals surface area contributed by atoms with Crippen LogP contribution in [0, 0.1) is 5.82 Å². The Labute approximate surface area is 185 Å². The number of anilines is 1. The number of carboxylic acids is 1. The van der Waals surface area contributed by atoms with Gasteiger partial charge >= 0.3 is 12.1 Å². The molecule has 1 aromatic carbocycles. The molecule has 0 atom stereocenters. The van der Waals surface area contributed by atoms with Gasteiger partial charge in [0.05, 0.1) is 11.8 Å². The minimum atomic E-state index is -4.73. The molecule has 2 N–H and O–H groups in total. The van der Waals surface area contributed by atoms with Crippen LogP contribution in [0.2, 0.25) is 0 Å². The van der Waals surface area contributed by atoms with Gasteiger partial charge in [-0.15, -0.1) is 0 Å². The van der Waals surface area contributed by atoms with Gasteiger partial charge in [0.2, 0.25) is 5.95 Å². The lowest BCUT2D eigenvalue weighted by atomic mass is 10.0. The molecule has 3 rings (SSSR count). The highest BCUT2D eigenvalue weighted by molar-refractivity contribution is 5.89. The predicted molar refractivity (Wildman–Crippen MR) is 114 cm³/mol. The first-order chi connectivity index (χ1) is 15.6. The van der Waals surface area contributed by atoms with E-state index in [1.807, 2.05) is 0 Å². The summed E-state index contributed by atoms with van der Waals surface area (Å²) in [7, 11) is 0. The lowest BCUT2D eigenvalue weighted by molar-refractivity contribution is -0.141. The molecule has 10 heteroatoms. The number of furan rings is 1. The van der Waals surface area contributed by atoms with E-state index in [9.17, 15) is 22.4 Å². The van der Waals surface area contributed by atoms with Crippen molar-refractivity contribution >= 4 is 17.5 Å². The van der Waals surface area contributed by atoms with Gasteiger partial charge in [-0.1, -0.05) is 18.7 Å². The van der Waals surface area contributed by atoms with E-state index in [1.54, 1.807) is 6.92 Å². The number of benzene rings is 1. The number of halogens is 4. The molecule has 0 aliphatic carbocycles. The molecule has 0 amide bonds. The Balaban J connectivity index is 2.00. The van der Waals surface area contributed by atoms with Gasteiger partial charge in [-0.3, -0.25) is 0 Å². The Kier molecular flexibility index (Phi) is 6.76. The molecule has 0 aliphatic rings. The minimum absolute atomic E-state index is 0.0758. The van der Waals surface area contributed by atoms with E-state index in [2.05, 4.69) is 21.9 Å². The molecule has 2 aromatic heterocycles. The molecule has 0 saturated carbocycles. The Morgan fingerprint density at radius 2 is 1.97 bits per heavy atom. The molecule has 0 spiro atoms. The highest BCUT2D eigenvalue weighted by atomic mass is 19.4. The maximum atomic E-state index is 13.7. The van der Waals surface area contributed by atoms with Crippen molar-refractivity contribution in [1.29, 1.82) is 0 Å². The van der Waals surface area contributed by atoms with Crippen molar-refractivity contribution in [2.75, 3.05) is 5.32 Å². The lowest BCUT2D eigenvalue weighted by Gasteiger charge is -2.12. The molecular formula is C23H17F4N3O3. The van der Waals surface area contributed by atoms with Crippen LogP contribution in [0.1, 0.15) is 28.5 Å². The molecule has 0 aliphatic heterocycles. The van der Waals surface area contributed by atoms with Crippen molar-refractivity contribution in [3.63, 3.8) is 0 Å². The summed E-state index contributed by atoms with van der Waals surface area (Å²) in [4.78, 5) is 18.8. The highest BCUT2D eigenvalue weighted by Crippen LogP contribution is 2.31. The SMILES string of the molecule is C=C/C=C(\C=C(/C)c1ccc(F)c(C(=O)O)c1)Nc1nc(-c2ccco2)cc(C(F)(F)F)n1. The van der Waals surface area contributed by atoms with Gasteiger partial charge in [0.25, 0.3) is 0 Å². The smallest absolute Gasteiger partial charge is 0.433 e. The Bertz CT molecular complexity index is 1250. The van der Waals surface area contributed by atoms with Crippen molar-refractivity contribution in [2.24, 2.45) is 0 Å². The average Bonchev–Trinajstić information content (AvgIpc) is 3.28. The second kappa shape index (κ2) is 9.51. The van der Waals surface area contributed by atoms with E-state index in [-0.39, 0.29) is 23.1 Å². The summed E-state index contributed by atoms with van der Waals surface area (Å²) in [5.41, 5.74) is -0.605. The zero-order valence-corrected chi connectivity index (χ0v) is 17.2. The number of nitrogens with one attached hydrogen (secondary N) is 1. The van der Waals surface area contributed by atoms with Crippen LogP contribution in [0.15, 0.2) is 77.6 Å². The van der Waals surface area contributed by atoms with Crippen molar-refractivity contribution < 1.29 is 31.9 Å². The summed E-state index contributed by atoms with van der Waals surface area (Å²) in [5.74, 6) is -2.54. The van der Waals surface area contributed by atoms with E-state index >= 15 is 0 Å². The third-order valence-electron chi connectivity index (χ3n) is 4.37. The third-order valence-corrected chi connectivity index (χ3v) is 4.37. The fourth-order valence-corrected chi connectivity index (χ4v) is 2.83. The number of carboxylic acid groups (broad SMARTS) is 1. The van der Waals surface area contributed by atoms with Crippen LogP contribution in [-0.2, 0) is 6.18 Å². The Morgan fingerprint density at radius 1 is 1.21 bits per heavy atom. The normalized spacial score (nSPS) is 12.5. The number of aromatic nitrogens is 2. The van der Waals surface area contributed by atoms with E-state index < -0.39 is 29.2 Å². The van der Waals surface area contributed by atoms with E-state index in [0.717, 1.165) is 18.2 Å². The van der Waals surface area contributed by atoms with E-state index in [4.69, 9.17) is 9.52 Å². The van der Waals surface area contributed by atoms with Gasteiger partial charge in [0.1, 0.15) is 11.5 Å². The van der Waals surface area contributed by atoms with Crippen molar-refractivity contribution in [1.82, 2.24) is 9.97 Å². The number of aromatic carboxylic acids is 1. The molecule has 0 saturated heterocycles. The van der Waals surface area contributed by atoms with Gasteiger partial charge in [-0.2, -0.15) is 13.2 Å². The summed E-state index contributed by atoms with van der Waals surface area (Å²) in [6.07, 6.45) is 0.940. The number of hydrogen-bond acceptors (Lipinski definition) is 5. The van der Waals surface area contributed by atoms with Crippen molar-refractivity contribution in [2.45, 2.75) is 13.1 Å². The third kappa shape index (κ3) is 5.73. The van der Waals surface area contributed by atoms with Crippen molar-refractivity contribution in [3.05, 3.63) is 95.8 Å². The monoisotopic (exact) mass is 459 g/mol. The van der Waals surface area contributed by atoms with Gasteiger partial charge < -0.3 is 14.8 Å². The molecule has 3 aromatic rings. The molecular weight excluding hydrogens is 442 g/mol. The molecule has 2 heterocycles. The van der Waals surface area contributed by atoms with Crippen LogP contribution in [0.25, 0.3) is 17.0 Å². The predicted octanol–water partition coefficient (Wildman–Crippen LogP) is 6.18. The Morgan fingerprint density at radius 3 is 2.58 bits per heavy atom. The molecule has 0 unspecified atom stereocenters. The average molecular weight is 459 g/mol. The van der Waals surface area contributed by atoms with Crippen LogP contribution in [0.3, 0.4) is 0 Å². The van der Waals surface area contributed by atoms with Gasteiger partial charge in [-0.05, 0) is 60.5 Å². The topological polar surface area (TPSA) is 88.2 Å². The summed E-state index contributed by atoms with van der Waals surface area (Å²) in [6.45, 7) is 5.20. The summed E-state index contributed by atoms with van der Waals surface area (Å²) >= 11 is 0. The van der Waals surface area contributed by atoms with Gasteiger partial charge in [0, 0.05) is 5.70 Å². The molecule has 0 bridgehead atoms. The van der Waals surface area contributed by atoms with Crippen molar-refractivity contribution in [3.8, 4) is 11.5 Å². The molecule has 6 nitrogen and oxygen atoms in total. The number of rotatable bonds is 7. The first-order valence-electron chi connectivity index (χ1n) is 9.40. The van der Waals surface area contributed by atoms with Crippen LogP contribution in [0.4, 0.5) is 23.5 Å². The molecule has 0 radical (unpaired) electrons. The highest BCUT2D eigenvalue weighted by Gasteiger charge is 2.34. The largest absolute Gasteiger partial charge is 0.478 e. The van der Waals surface area contributed by atoms with Crippen LogP contribution in [0.5, 0.6) is 0 Å². The number of nitrogens with zero attached hydrogens (tertiary/aromatic N) is 2.